The number of carbonyl (C=O) groups is 1. The number of esters is 1. The summed E-state index contributed by atoms with van der Waals surface area (Å²) in [5, 5.41) is 10.9. The fraction of sp³-hybridized carbons (Fsp3) is 0.917. The van der Waals surface area contributed by atoms with Crippen molar-refractivity contribution in [3.63, 3.8) is 0 Å². The Morgan fingerprint density at radius 3 is 2.47 bits per heavy atom. The smallest absolute Gasteiger partial charge is 0.314 e. The fourth-order valence-electron chi connectivity index (χ4n) is 3.15. The van der Waals surface area contributed by atoms with Crippen molar-refractivity contribution < 1.29 is 14.6 Å². The lowest BCUT2D eigenvalue weighted by molar-refractivity contribution is -0.173. The van der Waals surface area contributed by atoms with Crippen molar-refractivity contribution in [3.05, 3.63) is 0 Å². The van der Waals surface area contributed by atoms with Gasteiger partial charge in [-0.3, -0.25) is 4.79 Å². The van der Waals surface area contributed by atoms with Gasteiger partial charge in [0.25, 0.3) is 0 Å². The quantitative estimate of drug-likeness (QED) is 0.741. The first-order chi connectivity index (χ1) is 8.04. The van der Waals surface area contributed by atoms with Gasteiger partial charge in [-0.15, -0.1) is 0 Å². The number of hydrogen-bond donors (Lipinski definition) is 1. The van der Waals surface area contributed by atoms with Crippen LogP contribution >= 0.6 is 11.8 Å². The number of likely N-dealkylation sites (tertiary alicyclic amines) is 1. The number of aliphatic hydroxyl groups is 1. The molecule has 0 aliphatic carbocycles. The summed E-state index contributed by atoms with van der Waals surface area (Å²) in [7, 11) is 3.41. The van der Waals surface area contributed by atoms with E-state index in [1.165, 1.54) is 7.11 Å². The Bertz CT molecular complexity index is 304. The van der Waals surface area contributed by atoms with E-state index in [2.05, 4.69) is 4.90 Å². The summed E-state index contributed by atoms with van der Waals surface area (Å²) in [5.74, 6) is 1.64. The van der Waals surface area contributed by atoms with E-state index in [0.29, 0.717) is 13.0 Å². The summed E-state index contributed by atoms with van der Waals surface area (Å²) in [6, 6.07) is 0. The van der Waals surface area contributed by atoms with Crippen LogP contribution in [0.2, 0.25) is 0 Å². The van der Waals surface area contributed by atoms with Crippen molar-refractivity contribution in [2.45, 2.75) is 24.9 Å². The zero-order valence-electron chi connectivity index (χ0n) is 10.6. The first kappa shape index (κ1) is 13.2. The summed E-state index contributed by atoms with van der Waals surface area (Å²) >= 11 is 1.85. The van der Waals surface area contributed by atoms with Crippen molar-refractivity contribution in [1.29, 1.82) is 0 Å². The second kappa shape index (κ2) is 4.78. The minimum absolute atomic E-state index is 0.226. The molecule has 5 heteroatoms. The molecule has 0 amide bonds. The standard InChI is InChI=1S/C12H21NO3S/c1-13-6-3-12(15,9-13)11(10(14)16-2)4-7-17-8-5-11/h15H,3-9H2,1-2H3. The Morgan fingerprint density at radius 1 is 1.35 bits per heavy atom. The Balaban J connectivity index is 2.29. The highest BCUT2D eigenvalue weighted by atomic mass is 32.2. The minimum Gasteiger partial charge on any atom is -0.469 e. The highest BCUT2D eigenvalue weighted by Gasteiger charge is 2.58. The van der Waals surface area contributed by atoms with Crippen LogP contribution < -0.4 is 0 Å². The normalized spacial score (nSPS) is 33.6. The third-order valence-electron chi connectivity index (χ3n) is 4.25. The molecule has 98 valence electrons. The number of carbonyl (C=O) groups excluding carboxylic acids is 1. The average molecular weight is 259 g/mol. The highest BCUT2D eigenvalue weighted by Crippen LogP contribution is 2.48. The monoisotopic (exact) mass is 259 g/mol. The zero-order chi connectivity index (χ0) is 12.5. The number of likely N-dealkylation sites (N-methyl/N-ethyl adjacent to an activating group) is 1. The molecule has 0 radical (unpaired) electrons. The molecule has 2 aliphatic rings. The van der Waals surface area contributed by atoms with E-state index in [1.807, 2.05) is 18.8 Å². The van der Waals surface area contributed by atoms with Crippen LogP contribution in [0, 0.1) is 5.41 Å². The van der Waals surface area contributed by atoms with E-state index < -0.39 is 11.0 Å². The Hall–Kier alpha value is -0.260. The number of hydrogen-bond acceptors (Lipinski definition) is 5. The molecule has 0 spiro atoms. The van der Waals surface area contributed by atoms with Gasteiger partial charge in [-0.2, -0.15) is 11.8 Å². The van der Waals surface area contributed by atoms with Crippen LogP contribution in [0.3, 0.4) is 0 Å². The lowest BCUT2D eigenvalue weighted by Gasteiger charge is -2.45. The number of nitrogens with zero attached hydrogens (tertiary/aromatic N) is 1. The summed E-state index contributed by atoms with van der Waals surface area (Å²) in [6.45, 7) is 1.43. The van der Waals surface area contributed by atoms with Crippen molar-refractivity contribution in [2.24, 2.45) is 5.41 Å². The van der Waals surface area contributed by atoms with Crippen molar-refractivity contribution in [1.82, 2.24) is 4.90 Å². The maximum atomic E-state index is 12.2. The molecule has 2 rings (SSSR count). The number of β-amino-alcohol motifs (C(OH)–C–C–N with tert-alkyl or cyclic N) is 1. The molecular weight excluding hydrogens is 238 g/mol. The molecule has 0 aromatic heterocycles. The van der Waals surface area contributed by atoms with E-state index in [-0.39, 0.29) is 5.97 Å². The Morgan fingerprint density at radius 2 is 2.00 bits per heavy atom. The van der Waals surface area contributed by atoms with Crippen LogP contribution in [0.15, 0.2) is 0 Å². The Labute approximate surface area is 107 Å². The number of ether oxygens (including phenoxy) is 1. The SMILES string of the molecule is COC(=O)C1(C2(O)CCN(C)C2)CCSCC1. The highest BCUT2D eigenvalue weighted by molar-refractivity contribution is 7.99. The molecule has 4 nitrogen and oxygen atoms in total. The molecule has 1 unspecified atom stereocenters. The second-order valence-corrected chi connectivity index (χ2v) is 6.43. The summed E-state index contributed by atoms with van der Waals surface area (Å²) < 4.78 is 4.98. The van der Waals surface area contributed by atoms with Crippen LogP contribution in [0.4, 0.5) is 0 Å². The summed E-state index contributed by atoms with van der Waals surface area (Å²) in [5.41, 5.74) is -1.59. The van der Waals surface area contributed by atoms with Gasteiger partial charge in [0.1, 0.15) is 0 Å². The first-order valence-corrected chi connectivity index (χ1v) is 7.27. The zero-order valence-corrected chi connectivity index (χ0v) is 11.4. The third-order valence-corrected chi connectivity index (χ3v) is 5.24. The second-order valence-electron chi connectivity index (χ2n) is 5.21. The maximum Gasteiger partial charge on any atom is 0.314 e. The van der Waals surface area contributed by atoms with E-state index in [4.69, 9.17) is 4.74 Å². The molecule has 17 heavy (non-hydrogen) atoms. The molecule has 2 fully saturated rings. The fourth-order valence-corrected chi connectivity index (χ4v) is 4.34. The molecule has 0 aromatic rings. The molecule has 2 heterocycles. The van der Waals surface area contributed by atoms with Crippen LogP contribution in [0.25, 0.3) is 0 Å². The number of rotatable bonds is 2. The van der Waals surface area contributed by atoms with Crippen molar-refractivity contribution >= 4 is 17.7 Å². The van der Waals surface area contributed by atoms with Crippen LogP contribution in [0.1, 0.15) is 19.3 Å². The molecule has 0 bridgehead atoms. The third kappa shape index (κ3) is 2.09. The summed E-state index contributed by atoms with van der Waals surface area (Å²) in [6.07, 6.45) is 2.13. The number of thioether (sulfide) groups is 1. The van der Waals surface area contributed by atoms with Gasteiger partial charge in [0, 0.05) is 13.1 Å². The molecule has 2 aliphatic heterocycles. The van der Waals surface area contributed by atoms with Gasteiger partial charge in [0.05, 0.1) is 18.1 Å². The minimum atomic E-state index is -0.907. The molecule has 1 N–H and O–H groups in total. The summed E-state index contributed by atoms with van der Waals surface area (Å²) in [4.78, 5) is 14.3. The van der Waals surface area contributed by atoms with Gasteiger partial charge >= 0.3 is 5.97 Å². The van der Waals surface area contributed by atoms with Crippen molar-refractivity contribution in [3.8, 4) is 0 Å². The van der Waals surface area contributed by atoms with E-state index in [1.54, 1.807) is 0 Å². The lowest BCUT2D eigenvalue weighted by Crippen LogP contribution is -2.56. The molecule has 2 saturated heterocycles. The predicted molar refractivity (Wildman–Crippen MR) is 68.1 cm³/mol. The van der Waals surface area contributed by atoms with Gasteiger partial charge < -0.3 is 14.7 Å². The average Bonchev–Trinajstić information content (AvgIpc) is 2.70. The van der Waals surface area contributed by atoms with Gasteiger partial charge in [-0.25, -0.2) is 0 Å². The predicted octanol–water partition coefficient (Wildman–Crippen LogP) is 0.739. The maximum absolute atomic E-state index is 12.2. The number of methoxy groups -OCH3 is 1. The largest absolute Gasteiger partial charge is 0.469 e. The van der Waals surface area contributed by atoms with Gasteiger partial charge in [0.2, 0.25) is 0 Å². The van der Waals surface area contributed by atoms with Crippen LogP contribution in [0.5, 0.6) is 0 Å². The first-order valence-electron chi connectivity index (χ1n) is 6.11. The van der Waals surface area contributed by atoms with Crippen LogP contribution in [-0.2, 0) is 9.53 Å². The van der Waals surface area contributed by atoms with Gasteiger partial charge in [-0.05, 0) is 37.8 Å². The lowest BCUT2D eigenvalue weighted by atomic mass is 9.67. The Kier molecular flexibility index (Phi) is 3.71. The molecule has 0 saturated carbocycles. The molecular formula is C12H21NO3S. The van der Waals surface area contributed by atoms with Gasteiger partial charge in [-0.1, -0.05) is 0 Å². The molecule has 1 atom stereocenters. The van der Waals surface area contributed by atoms with E-state index in [9.17, 15) is 9.90 Å². The topological polar surface area (TPSA) is 49.8 Å². The van der Waals surface area contributed by atoms with E-state index >= 15 is 0 Å². The van der Waals surface area contributed by atoms with Crippen LogP contribution in [-0.4, -0.2) is 60.3 Å². The van der Waals surface area contributed by atoms with E-state index in [0.717, 1.165) is 30.9 Å². The molecule has 0 aromatic carbocycles. The van der Waals surface area contributed by atoms with Gasteiger partial charge in [0.15, 0.2) is 0 Å². The van der Waals surface area contributed by atoms with Crippen molar-refractivity contribution in [2.75, 3.05) is 38.8 Å².